The van der Waals surface area contributed by atoms with Gasteiger partial charge in [0.15, 0.2) is 23.4 Å². The van der Waals surface area contributed by atoms with Gasteiger partial charge in [0.2, 0.25) is 0 Å². The minimum absolute atomic E-state index is 0.00910. The van der Waals surface area contributed by atoms with Gasteiger partial charge in [0.25, 0.3) is 0 Å². The standard InChI is InChI=1S/C24H32N3O5/c1-4-12-27(3)13-9-23-19-15-5-6-17(31-22(29)26(2)11-10-25)20(19)32-21(23)16(28)7-8-24(23,30)18(27)14-15/h4-6,18,21,30H,1,7-14,25H2,2-3H3/q+1/t18-,21+,23+,24-,27-/m1/s1. The fraction of sp³-hybridized carbons (Fsp3) is 0.583. The summed E-state index contributed by atoms with van der Waals surface area (Å²) in [5, 5.41) is 12.3. The summed E-state index contributed by atoms with van der Waals surface area (Å²) in [5.74, 6) is 0.743. The molecule has 2 bridgehead atoms. The maximum absolute atomic E-state index is 13.1. The lowest BCUT2D eigenvalue weighted by Crippen LogP contribution is -2.80. The summed E-state index contributed by atoms with van der Waals surface area (Å²) in [7, 11) is 3.80. The van der Waals surface area contributed by atoms with Crippen molar-refractivity contribution >= 4 is 11.9 Å². The van der Waals surface area contributed by atoms with Crippen LogP contribution < -0.4 is 15.2 Å². The Morgan fingerprint density at radius 1 is 1.47 bits per heavy atom. The van der Waals surface area contributed by atoms with Crippen molar-refractivity contribution in [3.63, 3.8) is 0 Å². The molecule has 0 radical (unpaired) electrons. The van der Waals surface area contributed by atoms with Crippen LogP contribution in [0.1, 0.15) is 30.4 Å². The number of amides is 1. The number of piperidine rings is 1. The molecule has 5 atom stereocenters. The topological polar surface area (TPSA) is 102 Å². The fourth-order valence-electron chi connectivity index (χ4n) is 6.87. The van der Waals surface area contributed by atoms with Gasteiger partial charge in [0.1, 0.15) is 11.6 Å². The Morgan fingerprint density at radius 2 is 2.25 bits per heavy atom. The zero-order chi connectivity index (χ0) is 22.9. The SMILES string of the molecule is C=CC[N@+]1(C)CC[C@]23c4c5ccc(OC(=O)N(C)CCN)c4O[C@H]2C(=O)CC[C@@]3(O)[C@H]1C5. The smallest absolute Gasteiger partial charge is 0.415 e. The molecule has 5 rings (SSSR count). The molecule has 2 aliphatic carbocycles. The van der Waals surface area contributed by atoms with Gasteiger partial charge in [-0.25, -0.2) is 4.79 Å². The van der Waals surface area contributed by atoms with Gasteiger partial charge in [-0.15, -0.1) is 0 Å². The molecule has 32 heavy (non-hydrogen) atoms. The number of nitrogens with zero attached hydrogens (tertiary/aromatic N) is 2. The lowest BCUT2D eigenvalue weighted by Gasteiger charge is -2.64. The molecular formula is C24H32N3O5+. The van der Waals surface area contributed by atoms with Crippen LogP contribution in [-0.4, -0.2) is 84.4 Å². The van der Waals surface area contributed by atoms with Crippen LogP contribution >= 0.6 is 0 Å². The second-order valence-corrected chi connectivity index (χ2v) is 10.0. The highest BCUT2D eigenvalue weighted by atomic mass is 16.6. The third kappa shape index (κ3) is 2.54. The molecule has 2 heterocycles. The summed E-state index contributed by atoms with van der Waals surface area (Å²) in [6.45, 7) is 6.21. The van der Waals surface area contributed by atoms with Crippen molar-refractivity contribution in [2.24, 2.45) is 5.73 Å². The summed E-state index contributed by atoms with van der Waals surface area (Å²) in [6.07, 6.45) is 2.64. The van der Waals surface area contributed by atoms with Gasteiger partial charge in [-0.1, -0.05) is 12.6 Å². The molecule has 2 fully saturated rings. The highest BCUT2D eigenvalue weighted by Gasteiger charge is 2.76. The van der Waals surface area contributed by atoms with Gasteiger partial charge in [-0.3, -0.25) is 4.79 Å². The second-order valence-electron chi connectivity index (χ2n) is 10.0. The average Bonchev–Trinajstić information content (AvgIpc) is 3.11. The molecule has 8 heteroatoms. The molecule has 172 valence electrons. The molecule has 1 aromatic carbocycles. The number of likely N-dealkylation sites (tertiary alicyclic amines) is 1. The highest BCUT2D eigenvalue weighted by molar-refractivity contribution is 5.90. The number of quaternary nitrogens is 1. The number of ketones is 1. The molecule has 1 saturated heterocycles. The average molecular weight is 443 g/mol. The number of hydrogen-bond acceptors (Lipinski definition) is 6. The van der Waals surface area contributed by atoms with E-state index in [0.717, 1.165) is 24.2 Å². The maximum Gasteiger partial charge on any atom is 0.415 e. The van der Waals surface area contributed by atoms with E-state index in [4.69, 9.17) is 15.2 Å². The Bertz CT molecular complexity index is 1010. The predicted molar refractivity (Wildman–Crippen MR) is 118 cm³/mol. The quantitative estimate of drug-likeness (QED) is 0.524. The summed E-state index contributed by atoms with van der Waals surface area (Å²) in [6, 6.07) is 3.65. The number of nitrogens with two attached hydrogens (primary N) is 1. The van der Waals surface area contributed by atoms with Gasteiger partial charge in [0.05, 0.1) is 25.6 Å². The van der Waals surface area contributed by atoms with Crippen LogP contribution in [0, 0.1) is 0 Å². The van der Waals surface area contributed by atoms with Crippen LogP contribution in [-0.2, 0) is 16.6 Å². The zero-order valence-electron chi connectivity index (χ0n) is 18.8. The summed E-state index contributed by atoms with van der Waals surface area (Å²) < 4.78 is 12.7. The summed E-state index contributed by atoms with van der Waals surface area (Å²) in [4.78, 5) is 27.0. The molecule has 3 N–H and O–H groups in total. The minimum atomic E-state index is -1.07. The molecule has 1 spiro atoms. The molecule has 8 nitrogen and oxygen atoms in total. The van der Waals surface area contributed by atoms with E-state index >= 15 is 0 Å². The van der Waals surface area contributed by atoms with E-state index < -0.39 is 23.2 Å². The molecular weight excluding hydrogens is 410 g/mol. The molecule has 1 aromatic rings. The maximum atomic E-state index is 13.1. The number of aliphatic hydroxyl groups is 1. The van der Waals surface area contributed by atoms with E-state index in [0.29, 0.717) is 48.3 Å². The van der Waals surface area contributed by atoms with Crippen molar-refractivity contribution in [1.82, 2.24) is 4.90 Å². The first-order valence-electron chi connectivity index (χ1n) is 11.4. The Labute approximate surface area is 188 Å². The van der Waals surface area contributed by atoms with E-state index in [9.17, 15) is 14.7 Å². The third-order valence-corrected chi connectivity index (χ3v) is 8.41. The van der Waals surface area contributed by atoms with E-state index in [-0.39, 0.29) is 18.2 Å². The summed E-state index contributed by atoms with van der Waals surface area (Å²) >= 11 is 0. The van der Waals surface area contributed by atoms with Crippen molar-refractivity contribution in [2.45, 2.75) is 48.8 Å². The Kier molecular flexibility index (Phi) is 4.71. The van der Waals surface area contributed by atoms with Gasteiger partial charge in [-0.2, -0.15) is 0 Å². The fourth-order valence-corrected chi connectivity index (χ4v) is 6.87. The number of ether oxygens (including phenoxy) is 2. The molecule has 0 unspecified atom stereocenters. The number of Topliss-reactive ketones (excluding diaryl/α,β-unsaturated/α-hetero) is 1. The van der Waals surface area contributed by atoms with Gasteiger partial charge < -0.3 is 29.7 Å². The zero-order valence-corrected chi connectivity index (χ0v) is 18.8. The van der Waals surface area contributed by atoms with Crippen molar-refractivity contribution in [3.05, 3.63) is 35.9 Å². The lowest BCUT2D eigenvalue weighted by atomic mass is 9.48. The third-order valence-electron chi connectivity index (χ3n) is 8.41. The lowest BCUT2D eigenvalue weighted by molar-refractivity contribution is -0.944. The Balaban J connectivity index is 1.65. The van der Waals surface area contributed by atoms with Crippen molar-refractivity contribution in [1.29, 1.82) is 0 Å². The molecule has 1 saturated carbocycles. The number of carbonyl (C=O) groups is 2. The monoisotopic (exact) mass is 442 g/mol. The second kappa shape index (κ2) is 7.04. The predicted octanol–water partition coefficient (Wildman–Crippen LogP) is 1.13. The highest BCUT2D eigenvalue weighted by Crippen LogP contribution is 2.65. The number of benzene rings is 1. The first-order valence-corrected chi connectivity index (χ1v) is 11.4. The van der Waals surface area contributed by atoms with Gasteiger partial charge in [0, 0.05) is 45.0 Å². The van der Waals surface area contributed by atoms with Crippen LogP contribution in [0.25, 0.3) is 0 Å². The van der Waals surface area contributed by atoms with E-state index in [1.54, 1.807) is 13.1 Å². The van der Waals surface area contributed by atoms with Crippen LogP contribution in [0.5, 0.6) is 11.5 Å². The van der Waals surface area contributed by atoms with Gasteiger partial charge in [-0.05, 0) is 24.1 Å². The molecule has 4 aliphatic rings. The molecule has 0 aromatic heterocycles. The number of hydrogen-bond donors (Lipinski definition) is 2. The number of carbonyl (C=O) groups excluding carboxylic acids is 2. The van der Waals surface area contributed by atoms with E-state index in [1.807, 2.05) is 12.1 Å². The number of rotatable bonds is 5. The normalized spacial score (nSPS) is 36.2. The van der Waals surface area contributed by atoms with Crippen LogP contribution in [0.3, 0.4) is 0 Å². The van der Waals surface area contributed by atoms with Crippen molar-refractivity contribution < 1.29 is 28.7 Å². The largest absolute Gasteiger partial charge is 0.477 e. The Hall–Kier alpha value is -2.42. The first-order chi connectivity index (χ1) is 15.2. The minimum Gasteiger partial charge on any atom is -0.477 e. The van der Waals surface area contributed by atoms with Crippen LogP contribution in [0.2, 0.25) is 0 Å². The first kappa shape index (κ1) is 21.4. The van der Waals surface area contributed by atoms with E-state index in [2.05, 4.69) is 13.6 Å². The molecule has 2 aliphatic heterocycles. The molecule has 1 amide bonds. The van der Waals surface area contributed by atoms with Crippen molar-refractivity contribution in [2.75, 3.05) is 40.3 Å². The Morgan fingerprint density at radius 3 is 2.97 bits per heavy atom. The van der Waals surface area contributed by atoms with E-state index in [1.165, 1.54) is 4.90 Å². The number of likely N-dealkylation sites (N-methyl/N-ethyl adjacent to an activating group) is 2. The van der Waals surface area contributed by atoms with Crippen LogP contribution in [0.15, 0.2) is 24.8 Å². The van der Waals surface area contributed by atoms with Gasteiger partial charge >= 0.3 is 6.09 Å². The summed E-state index contributed by atoms with van der Waals surface area (Å²) in [5.41, 5.74) is 5.61. The van der Waals surface area contributed by atoms with Crippen LogP contribution in [0.4, 0.5) is 4.79 Å². The van der Waals surface area contributed by atoms with Crippen molar-refractivity contribution in [3.8, 4) is 11.5 Å².